The van der Waals surface area contributed by atoms with E-state index in [0.29, 0.717) is 40.8 Å². The van der Waals surface area contributed by atoms with Gasteiger partial charge in [-0.2, -0.15) is 0 Å². The first-order valence-corrected chi connectivity index (χ1v) is 12.8. The van der Waals surface area contributed by atoms with E-state index in [0.717, 1.165) is 24.0 Å². The number of amides is 2. The van der Waals surface area contributed by atoms with E-state index in [9.17, 15) is 9.59 Å². The van der Waals surface area contributed by atoms with E-state index in [-0.39, 0.29) is 17.9 Å². The molecule has 2 amide bonds. The van der Waals surface area contributed by atoms with Crippen molar-refractivity contribution in [1.82, 2.24) is 24.3 Å². The molecule has 0 aliphatic heterocycles. The van der Waals surface area contributed by atoms with Gasteiger partial charge in [-0.3, -0.25) is 14.0 Å². The monoisotopic (exact) mass is 527 g/mol. The number of imidazole rings is 1. The van der Waals surface area contributed by atoms with Gasteiger partial charge in [0.15, 0.2) is 0 Å². The highest BCUT2D eigenvalue weighted by Crippen LogP contribution is 2.31. The molecule has 3 heterocycles. The van der Waals surface area contributed by atoms with E-state index in [2.05, 4.69) is 22.2 Å². The zero-order valence-corrected chi connectivity index (χ0v) is 22.6. The Hall–Kier alpha value is -4.57. The standard InChI is InChI=1S/C29H33N7O3/c1-5-7-20-13-14-31-23(18-20)33-29(38)22-11-9-21(10-12-22)25-26-27(30)32-15-16-36(26)28(34-25)19(2)35(3)24(37)8-6-17-39-4/h6,8-16,18-19H,5,7,17H2,1-4H3,(H2,30,32)(H,31,33,38)/b8-6+. The topological polar surface area (TPSA) is 128 Å². The lowest BCUT2D eigenvalue weighted by atomic mass is 10.1. The summed E-state index contributed by atoms with van der Waals surface area (Å²) < 4.78 is 6.83. The molecule has 0 bridgehead atoms. The lowest BCUT2D eigenvalue weighted by Crippen LogP contribution is -2.29. The number of aromatic nitrogens is 4. The summed E-state index contributed by atoms with van der Waals surface area (Å²) in [7, 11) is 3.29. The Morgan fingerprint density at radius 2 is 1.95 bits per heavy atom. The van der Waals surface area contributed by atoms with Gasteiger partial charge in [0.2, 0.25) is 5.91 Å². The van der Waals surface area contributed by atoms with E-state index < -0.39 is 0 Å². The van der Waals surface area contributed by atoms with Gasteiger partial charge >= 0.3 is 0 Å². The number of hydrogen-bond acceptors (Lipinski definition) is 7. The number of nitrogens with zero attached hydrogens (tertiary/aromatic N) is 5. The fourth-order valence-corrected chi connectivity index (χ4v) is 4.26. The van der Waals surface area contributed by atoms with Crippen LogP contribution in [-0.4, -0.2) is 56.8 Å². The maximum absolute atomic E-state index is 12.9. The van der Waals surface area contributed by atoms with E-state index in [1.807, 2.05) is 35.6 Å². The van der Waals surface area contributed by atoms with Crippen LogP contribution >= 0.6 is 0 Å². The van der Waals surface area contributed by atoms with E-state index in [1.165, 1.54) is 6.08 Å². The number of carbonyl (C=O) groups is 2. The molecule has 3 aromatic heterocycles. The molecule has 0 saturated carbocycles. The van der Waals surface area contributed by atoms with Crippen LogP contribution in [0.4, 0.5) is 11.6 Å². The number of pyridine rings is 1. The number of ether oxygens (including phenoxy) is 1. The molecule has 1 unspecified atom stereocenters. The molecule has 1 aromatic carbocycles. The molecule has 4 aromatic rings. The molecule has 4 rings (SSSR count). The summed E-state index contributed by atoms with van der Waals surface area (Å²) in [6.45, 7) is 4.35. The van der Waals surface area contributed by atoms with Crippen LogP contribution in [0.25, 0.3) is 16.8 Å². The maximum atomic E-state index is 12.9. The van der Waals surface area contributed by atoms with Crippen LogP contribution in [0, 0.1) is 0 Å². The van der Waals surface area contributed by atoms with Gasteiger partial charge in [0.1, 0.15) is 28.7 Å². The third-order valence-electron chi connectivity index (χ3n) is 6.46. The zero-order valence-electron chi connectivity index (χ0n) is 22.6. The van der Waals surface area contributed by atoms with Crippen molar-refractivity contribution >= 4 is 29.0 Å². The number of benzene rings is 1. The maximum Gasteiger partial charge on any atom is 0.256 e. The van der Waals surface area contributed by atoms with Crippen LogP contribution in [0.5, 0.6) is 0 Å². The minimum absolute atomic E-state index is 0.176. The Balaban J connectivity index is 1.61. The Morgan fingerprint density at radius 3 is 2.67 bits per heavy atom. The van der Waals surface area contributed by atoms with Crippen LogP contribution in [0.3, 0.4) is 0 Å². The number of fused-ring (bicyclic) bond motifs is 1. The predicted octanol–water partition coefficient (Wildman–Crippen LogP) is 4.30. The highest BCUT2D eigenvalue weighted by molar-refractivity contribution is 6.04. The smallest absolute Gasteiger partial charge is 0.256 e. The Kier molecular flexibility index (Phi) is 8.67. The molecule has 0 saturated heterocycles. The van der Waals surface area contributed by atoms with Crippen LogP contribution in [0.15, 0.2) is 67.1 Å². The molecule has 202 valence electrons. The van der Waals surface area contributed by atoms with Gasteiger partial charge < -0.3 is 20.7 Å². The first-order chi connectivity index (χ1) is 18.8. The van der Waals surface area contributed by atoms with Crippen molar-refractivity contribution in [1.29, 1.82) is 0 Å². The second kappa shape index (κ2) is 12.3. The minimum Gasteiger partial charge on any atom is -0.382 e. The van der Waals surface area contributed by atoms with Crippen molar-refractivity contribution in [2.24, 2.45) is 0 Å². The molecule has 3 N–H and O–H groups in total. The normalized spacial score (nSPS) is 12.1. The van der Waals surface area contributed by atoms with Crippen molar-refractivity contribution < 1.29 is 14.3 Å². The van der Waals surface area contributed by atoms with Crippen molar-refractivity contribution in [2.45, 2.75) is 32.7 Å². The fourth-order valence-electron chi connectivity index (χ4n) is 4.26. The lowest BCUT2D eigenvalue weighted by molar-refractivity contribution is -0.126. The van der Waals surface area contributed by atoms with E-state index in [4.69, 9.17) is 15.5 Å². The number of anilines is 2. The van der Waals surface area contributed by atoms with E-state index >= 15 is 0 Å². The number of nitrogens with one attached hydrogen (secondary N) is 1. The predicted molar refractivity (Wildman–Crippen MR) is 151 cm³/mol. The Labute approximate surface area is 227 Å². The fraction of sp³-hybridized carbons (Fsp3) is 0.276. The third-order valence-corrected chi connectivity index (χ3v) is 6.46. The number of rotatable bonds is 10. The molecule has 0 fully saturated rings. The average molecular weight is 528 g/mol. The summed E-state index contributed by atoms with van der Waals surface area (Å²) in [4.78, 5) is 40.5. The zero-order chi connectivity index (χ0) is 27.9. The second-order valence-electron chi connectivity index (χ2n) is 9.16. The van der Waals surface area contributed by atoms with Gasteiger partial charge in [0, 0.05) is 50.0 Å². The molecule has 10 heteroatoms. The summed E-state index contributed by atoms with van der Waals surface area (Å²) in [5.41, 5.74) is 9.88. The third kappa shape index (κ3) is 6.12. The van der Waals surface area contributed by atoms with Gasteiger partial charge in [-0.15, -0.1) is 0 Å². The summed E-state index contributed by atoms with van der Waals surface area (Å²) in [5, 5.41) is 2.86. The van der Waals surface area contributed by atoms with Gasteiger partial charge in [-0.1, -0.05) is 31.6 Å². The molecule has 0 aliphatic carbocycles. The summed E-state index contributed by atoms with van der Waals surface area (Å²) in [5.74, 6) is 1.03. The SMILES string of the molecule is CCCc1ccnc(NC(=O)c2ccc(-c3nc(C(C)N(C)C(=O)/C=C/COC)n4ccnc(N)c34)cc2)c1. The first-order valence-electron chi connectivity index (χ1n) is 12.8. The van der Waals surface area contributed by atoms with Gasteiger partial charge in [-0.25, -0.2) is 15.0 Å². The van der Waals surface area contributed by atoms with Crippen molar-refractivity contribution in [3.8, 4) is 11.3 Å². The number of nitrogen functional groups attached to an aromatic ring is 1. The number of nitrogens with two attached hydrogens (primary N) is 1. The number of hydrogen-bond donors (Lipinski definition) is 2. The summed E-state index contributed by atoms with van der Waals surface area (Å²) >= 11 is 0. The Morgan fingerprint density at radius 1 is 1.18 bits per heavy atom. The lowest BCUT2D eigenvalue weighted by Gasteiger charge is -2.22. The van der Waals surface area contributed by atoms with Crippen molar-refractivity contribution in [2.75, 3.05) is 31.8 Å². The minimum atomic E-state index is -0.367. The summed E-state index contributed by atoms with van der Waals surface area (Å²) in [6, 6.07) is 10.6. The molecule has 10 nitrogen and oxygen atoms in total. The molecular weight excluding hydrogens is 494 g/mol. The quantitative estimate of drug-likeness (QED) is 0.294. The second-order valence-corrected chi connectivity index (χ2v) is 9.16. The van der Waals surface area contributed by atoms with Crippen LogP contribution in [0.1, 0.15) is 48.1 Å². The summed E-state index contributed by atoms with van der Waals surface area (Å²) in [6.07, 6.45) is 10.2. The number of aryl methyl sites for hydroxylation is 1. The largest absolute Gasteiger partial charge is 0.382 e. The van der Waals surface area contributed by atoms with Crippen LogP contribution in [-0.2, 0) is 16.0 Å². The number of methoxy groups -OCH3 is 1. The average Bonchev–Trinajstić information content (AvgIpc) is 3.34. The molecule has 1 atom stereocenters. The molecule has 0 radical (unpaired) electrons. The molecule has 0 aliphatic rings. The van der Waals surface area contributed by atoms with Crippen molar-refractivity contribution in [3.05, 3.63) is 84.1 Å². The number of likely N-dealkylation sites (N-methyl/N-ethyl adjacent to an activating group) is 1. The van der Waals surface area contributed by atoms with Gasteiger partial charge in [0.25, 0.3) is 5.91 Å². The first kappa shape index (κ1) is 27.5. The molecule has 39 heavy (non-hydrogen) atoms. The van der Waals surface area contributed by atoms with E-state index in [1.54, 1.807) is 55.9 Å². The van der Waals surface area contributed by atoms with Crippen LogP contribution < -0.4 is 11.1 Å². The van der Waals surface area contributed by atoms with Crippen LogP contribution in [0.2, 0.25) is 0 Å². The molecule has 0 spiro atoms. The van der Waals surface area contributed by atoms with Gasteiger partial charge in [-0.05, 0) is 43.2 Å². The highest BCUT2D eigenvalue weighted by Gasteiger charge is 2.24. The highest BCUT2D eigenvalue weighted by atomic mass is 16.5. The van der Waals surface area contributed by atoms with Crippen molar-refractivity contribution in [3.63, 3.8) is 0 Å². The Bertz CT molecular complexity index is 1490. The van der Waals surface area contributed by atoms with Gasteiger partial charge in [0.05, 0.1) is 12.6 Å². The number of carbonyl (C=O) groups excluding carboxylic acids is 2. The molecular formula is C29H33N7O3.